The Kier molecular flexibility index (Phi) is 8.09. The molecule has 0 spiro atoms. The minimum absolute atomic E-state index is 0.0465. The van der Waals surface area contributed by atoms with E-state index in [1.165, 1.54) is 0 Å². The molecule has 0 unspecified atom stereocenters. The second-order valence-electron chi connectivity index (χ2n) is 6.66. The van der Waals surface area contributed by atoms with E-state index in [-0.39, 0.29) is 24.8 Å². The number of nitrogens with one attached hydrogen (secondary N) is 1. The van der Waals surface area contributed by atoms with E-state index in [4.69, 9.17) is 9.47 Å². The summed E-state index contributed by atoms with van der Waals surface area (Å²) in [6.07, 6.45) is -0.638. The molecule has 7 nitrogen and oxygen atoms in total. The number of ketones is 1. The summed E-state index contributed by atoms with van der Waals surface area (Å²) in [5.74, 6) is 0.167. The second kappa shape index (κ2) is 9.79. The van der Waals surface area contributed by atoms with Gasteiger partial charge in [0.1, 0.15) is 11.4 Å². The van der Waals surface area contributed by atoms with Gasteiger partial charge in [-0.05, 0) is 58.9 Å². The van der Waals surface area contributed by atoms with E-state index in [1.807, 2.05) is 13.8 Å². The predicted molar refractivity (Wildman–Crippen MR) is 98.4 cm³/mol. The number of likely N-dealkylation sites (N-methyl/N-ethyl adjacent to an activating group) is 1. The summed E-state index contributed by atoms with van der Waals surface area (Å²) in [4.78, 5) is 37.2. The SMILES string of the molecule is CCN(CC)C(=O)COc1ccc(C(=O)CNC(=O)OC(C)(C)C)cc1. The number of hydrogen-bond acceptors (Lipinski definition) is 5. The summed E-state index contributed by atoms with van der Waals surface area (Å²) in [5, 5.41) is 2.43. The predicted octanol–water partition coefficient (Wildman–Crippen LogP) is 2.64. The Bertz CT molecular complexity index is 616. The van der Waals surface area contributed by atoms with E-state index in [9.17, 15) is 14.4 Å². The normalized spacial score (nSPS) is 10.8. The third-order valence-corrected chi connectivity index (χ3v) is 3.45. The highest BCUT2D eigenvalue weighted by molar-refractivity contribution is 5.99. The molecule has 1 rings (SSSR count). The van der Waals surface area contributed by atoms with Crippen molar-refractivity contribution in [3.05, 3.63) is 29.8 Å². The largest absolute Gasteiger partial charge is 0.484 e. The highest BCUT2D eigenvalue weighted by atomic mass is 16.6. The first kappa shape index (κ1) is 21.5. The molecule has 0 atom stereocenters. The first-order valence-electron chi connectivity index (χ1n) is 8.67. The van der Waals surface area contributed by atoms with Gasteiger partial charge in [-0.15, -0.1) is 0 Å². The quantitative estimate of drug-likeness (QED) is 0.717. The maximum absolute atomic E-state index is 12.1. The van der Waals surface area contributed by atoms with Crippen LogP contribution >= 0.6 is 0 Å². The van der Waals surface area contributed by atoms with Gasteiger partial charge in [-0.2, -0.15) is 0 Å². The summed E-state index contributed by atoms with van der Waals surface area (Å²) in [7, 11) is 0. The molecule has 1 N–H and O–H groups in total. The molecular weight excluding hydrogens is 336 g/mol. The Labute approximate surface area is 154 Å². The molecule has 0 bridgehead atoms. The van der Waals surface area contributed by atoms with Gasteiger partial charge in [-0.3, -0.25) is 9.59 Å². The number of hydrogen-bond donors (Lipinski definition) is 1. The molecule has 0 aliphatic carbocycles. The average molecular weight is 364 g/mol. The van der Waals surface area contributed by atoms with Crippen LogP contribution in [0.1, 0.15) is 45.0 Å². The summed E-state index contributed by atoms with van der Waals surface area (Å²) in [6.45, 7) is 10.1. The number of amides is 2. The van der Waals surface area contributed by atoms with Crippen molar-refractivity contribution in [1.82, 2.24) is 10.2 Å². The van der Waals surface area contributed by atoms with Crippen molar-refractivity contribution >= 4 is 17.8 Å². The van der Waals surface area contributed by atoms with Crippen molar-refractivity contribution in [3.63, 3.8) is 0 Å². The van der Waals surface area contributed by atoms with E-state index >= 15 is 0 Å². The van der Waals surface area contributed by atoms with Crippen LogP contribution in [0.3, 0.4) is 0 Å². The van der Waals surface area contributed by atoms with Gasteiger partial charge in [-0.1, -0.05) is 0 Å². The van der Waals surface area contributed by atoms with E-state index in [1.54, 1.807) is 49.9 Å². The van der Waals surface area contributed by atoms with Gasteiger partial charge in [0.15, 0.2) is 12.4 Å². The summed E-state index contributed by atoms with van der Waals surface area (Å²) in [5.41, 5.74) is -0.183. The lowest BCUT2D eigenvalue weighted by Gasteiger charge is -2.19. The van der Waals surface area contributed by atoms with Crippen LogP contribution in [0.15, 0.2) is 24.3 Å². The van der Waals surface area contributed by atoms with Crippen molar-refractivity contribution in [3.8, 4) is 5.75 Å². The van der Waals surface area contributed by atoms with Crippen molar-refractivity contribution in [2.24, 2.45) is 0 Å². The van der Waals surface area contributed by atoms with E-state index in [0.717, 1.165) is 0 Å². The van der Waals surface area contributed by atoms with Gasteiger partial charge in [0.05, 0.1) is 6.54 Å². The van der Waals surface area contributed by atoms with Crippen molar-refractivity contribution in [2.75, 3.05) is 26.2 Å². The number of nitrogens with zero attached hydrogens (tertiary/aromatic N) is 1. The number of Topliss-reactive ketones (excluding diaryl/α,β-unsaturated/α-hetero) is 1. The van der Waals surface area contributed by atoms with Crippen LogP contribution in [0.25, 0.3) is 0 Å². The lowest BCUT2D eigenvalue weighted by atomic mass is 10.1. The number of rotatable bonds is 8. The fraction of sp³-hybridized carbons (Fsp3) is 0.526. The molecule has 0 aromatic heterocycles. The fourth-order valence-corrected chi connectivity index (χ4v) is 2.12. The highest BCUT2D eigenvalue weighted by Gasteiger charge is 2.17. The van der Waals surface area contributed by atoms with Crippen LogP contribution < -0.4 is 10.1 Å². The minimum atomic E-state index is -0.638. The molecule has 0 saturated carbocycles. The molecule has 0 saturated heterocycles. The molecule has 0 aliphatic rings. The second-order valence-corrected chi connectivity index (χ2v) is 6.66. The molecule has 0 aliphatic heterocycles. The molecular formula is C19H28N2O5. The Hall–Kier alpha value is -2.57. The molecule has 0 heterocycles. The van der Waals surface area contributed by atoms with Crippen LogP contribution in [0.2, 0.25) is 0 Å². The monoisotopic (exact) mass is 364 g/mol. The fourth-order valence-electron chi connectivity index (χ4n) is 2.12. The molecule has 144 valence electrons. The number of carbonyl (C=O) groups excluding carboxylic acids is 3. The standard InChI is InChI=1S/C19H28N2O5/c1-6-21(7-2)17(23)13-25-15-10-8-14(9-11-15)16(22)12-20-18(24)26-19(3,4)5/h8-11H,6-7,12-13H2,1-5H3,(H,20,24). The van der Waals surface area contributed by atoms with E-state index < -0.39 is 11.7 Å². The number of benzene rings is 1. The highest BCUT2D eigenvalue weighted by Crippen LogP contribution is 2.13. The third-order valence-electron chi connectivity index (χ3n) is 3.45. The molecule has 1 aromatic carbocycles. The zero-order valence-electron chi connectivity index (χ0n) is 16.1. The Balaban J connectivity index is 2.50. The third kappa shape index (κ3) is 7.55. The van der Waals surface area contributed by atoms with Gasteiger partial charge in [0.25, 0.3) is 5.91 Å². The van der Waals surface area contributed by atoms with Gasteiger partial charge in [-0.25, -0.2) is 4.79 Å². The van der Waals surface area contributed by atoms with Crippen LogP contribution in [-0.4, -0.2) is 54.5 Å². The van der Waals surface area contributed by atoms with Gasteiger partial charge in [0.2, 0.25) is 0 Å². The summed E-state index contributed by atoms with van der Waals surface area (Å²) < 4.78 is 10.5. The van der Waals surface area contributed by atoms with Crippen LogP contribution in [-0.2, 0) is 9.53 Å². The Morgan fingerprint density at radius 2 is 1.62 bits per heavy atom. The van der Waals surface area contributed by atoms with E-state index in [2.05, 4.69) is 5.32 Å². The van der Waals surface area contributed by atoms with Gasteiger partial charge in [0, 0.05) is 18.7 Å². The lowest BCUT2D eigenvalue weighted by molar-refractivity contribution is -0.132. The number of ether oxygens (including phenoxy) is 2. The molecule has 7 heteroatoms. The van der Waals surface area contributed by atoms with Crippen molar-refractivity contribution in [2.45, 2.75) is 40.2 Å². The molecule has 26 heavy (non-hydrogen) atoms. The Morgan fingerprint density at radius 1 is 1.04 bits per heavy atom. The maximum atomic E-state index is 12.1. The number of alkyl carbamates (subject to hydrolysis) is 1. The molecule has 0 fully saturated rings. The van der Waals surface area contributed by atoms with Crippen LogP contribution in [0.4, 0.5) is 4.79 Å². The summed E-state index contributed by atoms with van der Waals surface area (Å²) in [6, 6.07) is 6.43. The van der Waals surface area contributed by atoms with Gasteiger partial charge < -0.3 is 19.7 Å². The van der Waals surface area contributed by atoms with Crippen molar-refractivity contribution in [1.29, 1.82) is 0 Å². The molecule has 1 aromatic rings. The topological polar surface area (TPSA) is 84.9 Å². The van der Waals surface area contributed by atoms with Crippen LogP contribution in [0, 0.1) is 0 Å². The lowest BCUT2D eigenvalue weighted by Crippen LogP contribution is -2.35. The zero-order chi connectivity index (χ0) is 19.7. The van der Waals surface area contributed by atoms with Gasteiger partial charge >= 0.3 is 6.09 Å². The van der Waals surface area contributed by atoms with Crippen LogP contribution in [0.5, 0.6) is 5.75 Å². The zero-order valence-corrected chi connectivity index (χ0v) is 16.1. The molecule has 2 amide bonds. The number of carbonyl (C=O) groups is 3. The van der Waals surface area contributed by atoms with E-state index in [0.29, 0.717) is 24.4 Å². The molecule has 0 radical (unpaired) electrons. The maximum Gasteiger partial charge on any atom is 0.408 e. The first-order chi connectivity index (χ1) is 12.2. The smallest absolute Gasteiger partial charge is 0.408 e. The first-order valence-corrected chi connectivity index (χ1v) is 8.67. The van der Waals surface area contributed by atoms with Crippen molar-refractivity contribution < 1.29 is 23.9 Å². The average Bonchev–Trinajstić information content (AvgIpc) is 2.58. The minimum Gasteiger partial charge on any atom is -0.484 e. The Morgan fingerprint density at radius 3 is 2.12 bits per heavy atom. The summed E-state index contributed by atoms with van der Waals surface area (Å²) >= 11 is 0.